The molecule has 1 N–H and O–H groups in total. The Morgan fingerprint density at radius 1 is 1.53 bits per heavy atom. The molecule has 0 spiro atoms. The Hall–Kier alpha value is -0.990. The lowest BCUT2D eigenvalue weighted by molar-refractivity contribution is 0.517. The van der Waals surface area contributed by atoms with Crippen LogP contribution in [-0.4, -0.2) is 38.3 Å². The molecule has 0 amide bonds. The second-order valence-electron chi connectivity index (χ2n) is 3.25. The largest absolute Gasteiger partial charge is 0.315 e. The van der Waals surface area contributed by atoms with Crippen LogP contribution >= 0.6 is 23.1 Å². The fourth-order valence-corrected chi connectivity index (χ4v) is 2.80. The van der Waals surface area contributed by atoms with E-state index in [1.165, 1.54) is 0 Å². The van der Waals surface area contributed by atoms with Crippen LogP contribution in [0.25, 0.3) is 0 Å². The van der Waals surface area contributed by atoms with Gasteiger partial charge >= 0.3 is 0 Å². The van der Waals surface area contributed by atoms with Crippen molar-refractivity contribution in [3.8, 4) is 0 Å². The van der Waals surface area contributed by atoms with Gasteiger partial charge in [-0.05, 0) is 17.0 Å². The molecule has 0 aliphatic carbocycles. The molecule has 2 heterocycles. The third kappa shape index (κ3) is 3.76. The summed E-state index contributed by atoms with van der Waals surface area (Å²) >= 11 is 3.27. The van der Waals surface area contributed by atoms with Gasteiger partial charge in [-0.15, -0.1) is 16.4 Å². The molecule has 0 saturated heterocycles. The van der Waals surface area contributed by atoms with E-state index in [9.17, 15) is 0 Å². The Kier molecular flexibility index (Phi) is 4.89. The van der Waals surface area contributed by atoms with Gasteiger partial charge in [-0.1, -0.05) is 18.7 Å². The SMILES string of the molecule is CCNCCn1nnnc1SCc1nccs1. The number of hydrogen-bond donors (Lipinski definition) is 1. The van der Waals surface area contributed by atoms with Crippen LogP contribution in [-0.2, 0) is 12.3 Å². The maximum absolute atomic E-state index is 4.23. The molecule has 92 valence electrons. The normalized spacial score (nSPS) is 10.9. The van der Waals surface area contributed by atoms with Gasteiger partial charge in [0, 0.05) is 18.1 Å². The van der Waals surface area contributed by atoms with Crippen molar-refractivity contribution in [2.24, 2.45) is 0 Å². The van der Waals surface area contributed by atoms with E-state index in [4.69, 9.17) is 0 Å². The first kappa shape index (κ1) is 12.5. The van der Waals surface area contributed by atoms with Crippen LogP contribution in [0.15, 0.2) is 16.7 Å². The predicted octanol–water partition coefficient (Wildman–Crippen LogP) is 1.03. The maximum Gasteiger partial charge on any atom is 0.209 e. The molecule has 0 aliphatic rings. The van der Waals surface area contributed by atoms with Gasteiger partial charge in [0.15, 0.2) is 0 Å². The first-order valence-electron chi connectivity index (χ1n) is 5.38. The van der Waals surface area contributed by atoms with Crippen LogP contribution < -0.4 is 5.32 Å². The summed E-state index contributed by atoms with van der Waals surface area (Å²) in [5.74, 6) is 0.819. The second kappa shape index (κ2) is 6.67. The van der Waals surface area contributed by atoms with E-state index in [0.29, 0.717) is 0 Å². The van der Waals surface area contributed by atoms with Crippen molar-refractivity contribution in [1.82, 2.24) is 30.5 Å². The van der Waals surface area contributed by atoms with E-state index in [-0.39, 0.29) is 0 Å². The first-order chi connectivity index (χ1) is 8.40. The molecule has 2 aromatic rings. The van der Waals surface area contributed by atoms with E-state index in [2.05, 4.69) is 32.7 Å². The van der Waals surface area contributed by atoms with Crippen LogP contribution in [0.1, 0.15) is 11.9 Å². The van der Waals surface area contributed by atoms with Gasteiger partial charge in [0.25, 0.3) is 0 Å². The van der Waals surface area contributed by atoms with Gasteiger partial charge in [0.1, 0.15) is 5.01 Å². The number of thioether (sulfide) groups is 1. The first-order valence-corrected chi connectivity index (χ1v) is 7.24. The van der Waals surface area contributed by atoms with Crippen molar-refractivity contribution >= 4 is 23.1 Å². The van der Waals surface area contributed by atoms with Crippen molar-refractivity contribution in [1.29, 1.82) is 0 Å². The number of rotatable bonds is 7. The number of tetrazole rings is 1. The van der Waals surface area contributed by atoms with Crippen molar-refractivity contribution in [2.45, 2.75) is 24.4 Å². The van der Waals surface area contributed by atoms with Gasteiger partial charge < -0.3 is 5.32 Å². The van der Waals surface area contributed by atoms with Gasteiger partial charge in [-0.2, -0.15) is 0 Å². The summed E-state index contributed by atoms with van der Waals surface area (Å²) in [4.78, 5) is 4.23. The highest BCUT2D eigenvalue weighted by Crippen LogP contribution is 2.20. The van der Waals surface area contributed by atoms with Crippen LogP contribution in [0.4, 0.5) is 0 Å². The predicted molar refractivity (Wildman–Crippen MR) is 68.0 cm³/mol. The summed E-state index contributed by atoms with van der Waals surface area (Å²) in [6, 6.07) is 0. The average molecular weight is 270 g/mol. The monoisotopic (exact) mass is 270 g/mol. The zero-order valence-corrected chi connectivity index (χ0v) is 11.2. The standard InChI is InChI=1S/C9H14N6S2/c1-2-10-3-5-15-9(12-13-14-15)17-7-8-11-4-6-16-8/h4,6,10H,2-3,5,7H2,1H3. The Morgan fingerprint density at radius 3 is 3.24 bits per heavy atom. The zero-order chi connectivity index (χ0) is 11.9. The van der Waals surface area contributed by atoms with Crippen LogP contribution in [0.2, 0.25) is 0 Å². The molecule has 17 heavy (non-hydrogen) atoms. The molecule has 0 fully saturated rings. The highest BCUT2D eigenvalue weighted by atomic mass is 32.2. The Balaban J connectivity index is 1.85. The molecule has 6 nitrogen and oxygen atoms in total. The number of aromatic nitrogens is 5. The van der Waals surface area contributed by atoms with Crippen molar-refractivity contribution < 1.29 is 0 Å². The molecular weight excluding hydrogens is 256 g/mol. The minimum Gasteiger partial charge on any atom is -0.315 e. The molecule has 0 aromatic carbocycles. The Bertz CT molecular complexity index is 426. The summed E-state index contributed by atoms with van der Waals surface area (Å²) in [5, 5.41) is 18.8. The Morgan fingerprint density at radius 2 is 2.47 bits per heavy atom. The van der Waals surface area contributed by atoms with Crippen molar-refractivity contribution in [3.63, 3.8) is 0 Å². The molecule has 0 aliphatic heterocycles. The lowest BCUT2D eigenvalue weighted by Crippen LogP contribution is -2.20. The number of likely N-dealkylation sites (N-methyl/N-ethyl adjacent to an activating group) is 1. The van der Waals surface area contributed by atoms with E-state index < -0.39 is 0 Å². The zero-order valence-electron chi connectivity index (χ0n) is 9.54. The third-order valence-electron chi connectivity index (χ3n) is 2.06. The van der Waals surface area contributed by atoms with Gasteiger partial charge in [0.05, 0.1) is 12.3 Å². The maximum atomic E-state index is 4.23. The lowest BCUT2D eigenvalue weighted by Gasteiger charge is -2.03. The van der Waals surface area contributed by atoms with Crippen LogP contribution in [0.5, 0.6) is 0 Å². The summed E-state index contributed by atoms with van der Waals surface area (Å²) in [6.07, 6.45) is 1.81. The van der Waals surface area contributed by atoms with Gasteiger partial charge in [0.2, 0.25) is 5.16 Å². The molecule has 2 rings (SSSR count). The van der Waals surface area contributed by atoms with E-state index >= 15 is 0 Å². The molecule has 0 unspecified atom stereocenters. The lowest BCUT2D eigenvalue weighted by atomic mass is 10.6. The summed E-state index contributed by atoms with van der Waals surface area (Å²) in [7, 11) is 0. The molecule has 0 atom stereocenters. The molecular formula is C9H14N6S2. The highest BCUT2D eigenvalue weighted by molar-refractivity contribution is 7.98. The molecule has 8 heteroatoms. The van der Waals surface area contributed by atoms with Crippen molar-refractivity contribution in [3.05, 3.63) is 16.6 Å². The van der Waals surface area contributed by atoms with Gasteiger partial charge in [-0.25, -0.2) is 9.67 Å². The van der Waals surface area contributed by atoms with Gasteiger partial charge in [-0.3, -0.25) is 0 Å². The Labute approximate surface area is 108 Å². The smallest absolute Gasteiger partial charge is 0.209 e. The van der Waals surface area contributed by atoms with E-state index in [1.54, 1.807) is 23.1 Å². The fraction of sp³-hybridized carbons (Fsp3) is 0.556. The summed E-state index contributed by atoms with van der Waals surface area (Å²) in [5.41, 5.74) is 0. The van der Waals surface area contributed by atoms with Crippen LogP contribution in [0, 0.1) is 0 Å². The fourth-order valence-electron chi connectivity index (χ4n) is 1.25. The molecule has 0 bridgehead atoms. The summed E-state index contributed by atoms with van der Waals surface area (Å²) in [6.45, 7) is 4.72. The second-order valence-corrected chi connectivity index (χ2v) is 5.17. The summed E-state index contributed by atoms with van der Waals surface area (Å²) < 4.78 is 1.82. The topological polar surface area (TPSA) is 68.5 Å². The average Bonchev–Trinajstić information content (AvgIpc) is 2.97. The number of nitrogens with one attached hydrogen (secondary N) is 1. The molecule has 0 radical (unpaired) electrons. The molecule has 2 aromatic heterocycles. The number of nitrogens with zero attached hydrogens (tertiary/aromatic N) is 5. The molecule has 0 saturated carbocycles. The third-order valence-corrected chi connectivity index (χ3v) is 3.99. The van der Waals surface area contributed by atoms with Crippen molar-refractivity contribution in [2.75, 3.05) is 13.1 Å². The van der Waals surface area contributed by atoms with E-state index in [1.807, 2.05) is 16.3 Å². The van der Waals surface area contributed by atoms with E-state index in [0.717, 1.165) is 35.6 Å². The quantitative estimate of drug-likeness (QED) is 0.599. The number of hydrogen-bond acceptors (Lipinski definition) is 7. The minimum absolute atomic E-state index is 0.793. The highest BCUT2D eigenvalue weighted by Gasteiger charge is 2.07. The van der Waals surface area contributed by atoms with Crippen LogP contribution in [0.3, 0.4) is 0 Å². The number of thiazole rings is 1. The minimum atomic E-state index is 0.793.